The zero-order valence-corrected chi connectivity index (χ0v) is 26.0. The van der Waals surface area contributed by atoms with E-state index in [1.165, 1.54) is 33.9 Å². The highest BCUT2D eigenvalue weighted by molar-refractivity contribution is 6.35. The second kappa shape index (κ2) is 17.4. The van der Waals surface area contributed by atoms with Crippen molar-refractivity contribution < 1.29 is 28.8 Å². The molecule has 1 saturated carbocycles. The highest BCUT2D eigenvalue weighted by Gasteiger charge is 2.26. The molecule has 0 unspecified atom stereocenters. The van der Waals surface area contributed by atoms with E-state index in [2.05, 4.69) is 29.6 Å². The average Bonchev–Trinajstić information content (AvgIpc) is 3.69. The zero-order chi connectivity index (χ0) is 32.1. The first-order valence-corrected chi connectivity index (χ1v) is 15.6. The number of carbonyl (C=O) groups excluding carboxylic acids is 5. The molecule has 12 heteroatoms. The van der Waals surface area contributed by atoms with Crippen molar-refractivity contribution in [1.29, 1.82) is 0 Å². The molecule has 44 heavy (non-hydrogen) atoms. The second-order valence-electron chi connectivity index (χ2n) is 11.6. The van der Waals surface area contributed by atoms with E-state index in [0.717, 1.165) is 44.9 Å². The standard InChI is InChI=1S/C32H45N5O7/c1-4-22(5-2)12-13-25(38)19-37-16-8-11-24(32(37)43)17-29(40)26(34-30(41)27-18-33-21-36(27)3)14-15-28(39)31(42)35-44-20-23-9-6-7-10-23/h8,11,16,18,21-23,26H,4-7,9-10,12-15,17,19-20H2,1-3H3,(H,34,41)(H,35,42)/t26-/m0/s1. The molecule has 1 atom stereocenters. The first kappa shape index (κ1) is 34.6. The highest BCUT2D eigenvalue weighted by atomic mass is 16.7. The minimum Gasteiger partial charge on any atom is -0.341 e. The van der Waals surface area contributed by atoms with Gasteiger partial charge < -0.3 is 14.5 Å². The predicted molar refractivity (Wildman–Crippen MR) is 162 cm³/mol. The molecule has 2 N–H and O–H groups in total. The normalized spacial score (nSPS) is 14.0. The van der Waals surface area contributed by atoms with Gasteiger partial charge in [-0.1, -0.05) is 45.6 Å². The van der Waals surface area contributed by atoms with Gasteiger partial charge in [0.05, 0.1) is 31.7 Å². The Morgan fingerprint density at radius 1 is 1.07 bits per heavy atom. The molecule has 2 aromatic heterocycles. The number of nitrogens with one attached hydrogen (secondary N) is 2. The van der Waals surface area contributed by atoms with Crippen LogP contribution in [-0.4, -0.2) is 55.9 Å². The van der Waals surface area contributed by atoms with E-state index in [4.69, 9.17) is 4.84 Å². The summed E-state index contributed by atoms with van der Waals surface area (Å²) in [6.45, 7) is 4.42. The summed E-state index contributed by atoms with van der Waals surface area (Å²) in [5, 5.41) is 2.63. The van der Waals surface area contributed by atoms with E-state index >= 15 is 0 Å². The summed E-state index contributed by atoms with van der Waals surface area (Å²) in [7, 11) is 1.62. The molecular formula is C32H45N5O7. The molecule has 0 bridgehead atoms. The summed E-state index contributed by atoms with van der Waals surface area (Å²) < 4.78 is 2.77. The second-order valence-corrected chi connectivity index (χ2v) is 11.6. The monoisotopic (exact) mass is 611 g/mol. The van der Waals surface area contributed by atoms with Crippen molar-refractivity contribution in [3.63, 3.8) is 0 Å². The number of amides is 2. The lowest BCUT2D eigenvalue weighted by atomic mass is 9.96. The van der Waals surface area contributed by atoms with Crippen molar-refractivity contribution >= 4 is 29.2 Å². The van der Waals surface area contributed by atoms with Crippen molar-refractivity contribution in [2.45, 2.75) is 97.1 Å². The number of aromatic nitrogens is 3. The molecule has 0 spiro atoms. The number of hydrogen-bond acceptors (Lipinski definition) is 8. The number of hydrogen-bond donors (Lipinski definition) is 2. The molecule has 0 saturated heterocycles. The number of aryl methyl sites for hydroxylation is 1. The van der Waals surface area contributed by atoms with Crippen LogP contribution in [0.4, 0.5) is 0 Å². The molecule has 3 rings (SSSR count). The minimum absolute atomic E-state index is 0.0622. The van der Waals surface area contributed by atoms with Gasteiger partial charge in [-0.15, -0.1) is 0 Å². The smallest absolute Gasteiger partial charge is 0.310 e. The molecule has 1 fully saturated rings. The minimum atomic E-state index is -1.16. The summed E-state index contributed by atoms with van der Waals surface area (Å²) in [4.78, 5) is 86.1. The Bertz CT molecular complexity index is 1350. The maximum Gasteiger partial charge on any atom is 0.310 e. The van der Waals surface area contributed by atoms with Gasteiger partial charge in [-0.05, 0) is 43.6 Å². The van der Waals surface area contributed by atoms with Gasteiger partial charge in [0, 0.05) is 38.1 Å². The SMILES string of the molecule is CCC(CC)CCC(=O)Cn1cccc(CC(=O)[C@H](CCC(=O)C(=O)NOCC2CCCC2)NC(=O)c2cncn2C)c1=O. The Morgan fingerprint density at radius 3 is 2.45 bits per heavy atom. The summed E-state index contributed by atoms with van der Waals surface area (Å²) in [6, 6.07) is 1.94. The molecule has 240 valence electrons. The fourth-order valence-corrected chi connectivity index (χ4v) is 5.46. The lowest BCUT2D eigenvalue weighted by Crippen LogP contribution is -2.43. The van der Waals surface area contributed by atoms with Gasteiger partial charge in [0.25, 0.3) is 11.5 Å². The van der Waals surface area contributed by atoms with Gasteiger partial charge in [-0.3, -0.25) is 33.6 Å². The van der Waals surface area contributed by atoms with Gasteiger partial charge in [0.15, 0.2) is 11.6 Å². The molecular weight excluding hydrogens is 566 g/mol. The molecule has 2 amide bonds. The van der Waals surface area contributed by atoms with Crippen LogP contribution in [0, 0.1) is 11.8 Å². The lowest BCUT2D eigenvalue weighted by Gasteiger charge is -2.18. The highest BCUT2D eigenvalue weighted by Crippen LogP contribution is 2.24. The van der Waals surface area contributed by atoms with E-state index < -0.39 is 35.0 Å². The van der Waals surface area contributed by atoms with Crippen LogP contribution < -0.4 is 16.4 Å². The summed E-state index contributed by atoms with van der Waals surface area (Å²) in [5.74, 6) is -2.07. The first-order valence-electron chi connectivity index (χ1n) is 15.6. The Labute approximate surface area is 257 Å². The number of hydroxylamine groups is 1. The van der Waals surface area contributed by atoms with Crippen molar-refractivity contribution in [2.24, 2.45) is 18.9 Å². The van der Waals surface area contributed by atoms with Gasteiger partial charge in [-0.2, -0.15) is 0 Å². The van der Waals surface area contributed by atoms with Crippen molar-refractivity contribution in [3.05, 3.63) is 52.5 Å². The number of nitrogens with zero attached hydrogens (tertiary/aromatic N) is 3. The van der Waals surface area contributed by atoms with Gasteiger partial charge >= 0.3 is 5.91 Å². The number of rotatable bonds is 19. The number of imidazole rings is 1. The fourth-order valence-electron chi connectivity index (χ4n) is 5.46. The Hall–Kier alpha value is -3.93. The van der Waals surface area contributed by atoms with Gasteiger partial charge in [0.1, 0.15) is 5.69 Å². The van der Waals surface area contributed by atoms with Crippen molar-refractivity contribution in [1.82, 2.24) is 24.9 Å². The quantitative estimate of drug-likeness (QED) is 0.181. The van der Waals surface area contributed by atoms with E-state index in [0.29, 0.717) is 24.9 Å². The van der Waals surface area contributed by atoms with Crippen molar-refractivity contribution in [3.8, 4) is 0 Å². The molecule has 2 heterocycles. The van der Waals surface area contributed by atoms with Gasteiger partial charge in [-0.25, -0.2) is 10.5 Å². The molecule has 12 nitrogen and oxygen atoms in total. The maximum atomic E-state index is 13.4. The molecule has 0 radical (unpaired) electrons. The van der Waals surface area contributed by atoms with Crippen LogP contribution in [0.1, 0.15) is 94.1 Å². The molecule has 0 aliphatic heterocycles. The summed E-state index contributed by atoms with van der Waals surface area (Å²) in [6.07, 6.45) is 10.9. The molecule has 2 aromatic rings. The third kappa shape index (κ3) is 10.4. The summed E-state index contributed by atoms with van der Waals surface area (Å²) in [5.41, 5.74) is 2.07. The van der Waals surface area contributed by atoms with E-state index in [9.17, 15) is 28.8 Å². The van der Waals surface area contributed by atoms with Crippen molar-refractivity contribution in [2.75, 3.05) is 6.61 Å². The number of pyridine rings is 1. The van der Waals surface area contributed by atoms with Crippen LogP contribution >= 0.6 is 0 Å². The molecule has 0 aromatic carbocycles. The fraction of sp³-hybridized carbons (Fsp3) is 0.594. The number of Topliss-reactive ketones (excluding diaryl/α,β-unsaturated/α-hetero) is 3. The Morgan fingerprint density at radius 2 is 1.80 bits per heavy atom. The predicted octanol–water partition coefficient (Wildman–Crippen LogP) is 2.86. The van der Waals surface area contributed by atoms with Crippen LogP contribution in [0.2, 0.25) is 0 Å². The number of carbonyl (C=O) groups is 5. The van der Waals surface area contributed by atoms with Crippen LogP contribution in [0.25, 0.3) is 0 Å². The Balaban J connectivity index is 1.65. The lowest BCUT2D eigenvalue weighted by molar-refractivity contribution is -0.146. The maximum absolute atomic E-state index is 13.4. The third-order valence-corrected chi connectivity index (χ3v) is 8.41. The topological polar surface area (TPSA) is 158 Å². The average molecular weight is 612 g/mol. The third-order valence-electron chi connectivity index (χ3n) is 8.41. The Kier molecular flexibility index (Phi) is 13.7. The van der Waals surface area contributed by atoms with Gasteiger partial charge in [0.2, 0.25) is 5.78 Å². The molecule has 1 aliphatic carbocycles. The van der Waals surface area contributed by atoms with E-state index in [1.54, 1.807) is 13.1 Å². The van der Waals surface area contributed by atoms with Crippen LogP contribution in [0.15, 0.2) is 35.6 Å². The first-order chi connectivity index (χ1) is 21.1. The largest absolute Gasteiger partial charge is 0.341 e. The van der Waals surface area contributed by atoms with Crippen LogP contribution in [-0.2, 0) is 44.0 Å². The van der Waals surface area contributed by atoms with E-state index in [1.807, 2.05) is 0 Å². The van der Waals surface area contributed by atoms with Crippen LogP contribution in [0.3, 0.4) is 0 Å². The zero-order valence-electron chi connectivity index (χ0n) is 26.0. The number of ketones is 3. The molecule has 1 aliphatic rings. The van der Waals surface area contributed by atoms with Crippen LogP contribution in [0.5, 0.6) is 0 Å². The summed E-state index contributed by atoms with van der Waals surface area (Å²) >= 11 is 0. The van der Waals surface area contributed by atoms with E-state index in [-0.39, 0.29) is 42.8 Å².